The maximum Gasteiger partial charge on any atom is 0.303 e. The summed E-state index contributed by atoms with van der Waals surface area (Å²) in [5.74, 6) is 7.02. The zero-order valence-corrected chi connectivity index (χ0v) is 19.4. The van der Waals surface area contributed by atoms with E-state index in [-0.39, 0.29) is 5.91 Å². The minimum Gasteiger partial charge on any atom is -0.313 e. The number of benzene rings is 2. The Labute approximate surface area is 192 Å². The fourth-order valence-electron chi connectivity index (χ4n) is 6.57. The number of rotatable bonds is 3. The van der Waals surface area contributed by atoms with E-state index in [1.807, 2.05) is 35.2 Å². The normalized spacial score (nSPS) is 25.8. The average Bonchev–Trinajstić information content (AvgIpc) is 2.81. The summed E-state index contributed by atoms with van der Waals surface area (Å²) in [5, 5.41) is 3.84. The van der Waals surface area contributed by atoms with Crippen LogP contribution in [0.5, 0.6) is 0 Å². The van der Waals surface area contributed by atoms with Crippen molar-refractivity contribution in [3.63, 3.8) is 0 Å². The second kappa shape index (κ2) is 8.75. The summed E-state index contributed by atoms with van der Waals surface area (Å²) in [6.07, 6.45) is 7.54. The molecule has 1 saturated carbocycles. The average molecular weight is 427 g/mol. The molecular weight excluding hydrogens is 392 g/mol. The van der Waals surface area contributed by atoms with Gasteiger partial charge in [0, 0.05) is 35.2 Å². The highest BCUT2D eigenvalue weighted by Gasteiger charge is 2.52. The summed E-state index contributed by atoms with van der Waals surface area (Å²) in [4.78, 5) is 15.4. The smallest absolute Gasteiger partial charge is 0.303 e. The van der Waals surface area contributed by atoms with Gasteiger partial charge in [0.25, 0.3) is 0 Å². The molecule has 2 aromatic rings. The summed E-state index contributed by atoms with van der Waals surface area (Å²) in [6.45, 7) is 6.15. The van der Waals surface area contributed by atoms with Gasteiger partial charge in [0.05, 0.1) is 0 Å². The molecule has 2 fully saturated rings. The molecule has 2 aliphatic carbocycles. The molecule has 5 rings (SSSR count). The highest BCUT2D eigenvalue weighted by atomic mass is 16.2. The quantitative estimate of drug-likeness (QED) is 0.695. The Balaban J connectivity index is 1.56. The first-order chi connectivity index (χ1) is 15.6. The largest absolute Gasteiger partial charge is 0.313 e. The summed E-state index contributed by atoms with van der Waals surface area (Å²) >= 11 is 0. The molecule has 3 atom stereocenters. The van der Waals surface area contributed by atoms with E-state index in [0.717, 1.165) is 30.1 Å². The van der Waals surface area contributed by atoms with E-state index in [9.17, 15) is 4.79 Å². The predicted octanol–water partition coefficient (Wildman–Crippen LogP) is 5.07. The lowest BCUT2D eigenvalue weighted by Crippen LogP contribution is -2.59. The Hall–Kier alpha value is -2.57. The van der Waals surface area contributed by atoms with Crippen molar-refractivity contribution in [2.75, 3.05) is 18.0 Å². The van der Waals surface area contributed by atoms with Crippen molar-refractivity contribution in [1.82, 2.24) is 5.32 Å². The van der Waals surface area contributed by atoms with Crippen molar-refractivity contribution in [3.05, 3.63) is 65.2 Å². The molecule has 0 aromatic heterocycles. The number of carbonyl (C=O) groups is 1. The van der Waals surface area contributed by atoms with Crippen LogP contribution in [0.15, 0.2) is 48.5 Å². The molecule has 1 heterocycles. The number of nitrogens with one attached hydrogen (secondary N) is 1. The molecule has 2 aromatic carbocycles. The van der Waals surface area contributed by atoms with Crippen LogP contribution in [0.1, 0.15) is 62.6 Å². The van der Waals surface area contributed by atoms with Gasteiger partial charge in [-0.05, 0) is 73.4 Å². The fourth-order valence-corrected chi connectivity index (χ4v) is 6.57. The molecule has 3 aliphatic rings. The van der Waals surface area contributed by atoms with Crippen molar-refractivity contribution < 1.29 is 4.79 Å². The van der Waals surface area contributed by atoms with Gasteiger partial charge in [0.1, 0.15) is 0 Å². The van der Waals surface area contributed by atoms with Gasteiger partial charge in [-0.25, -0.2) is 0 Å². The fraction of sp³-hybridized carbons (Fsp3) is 0.483. The van der Waals surface area contributed by atoms with Crippen molar-refractivity contribution in [2.24, 2.45) is 11.8 Å². The lowest BCUT2D eigenvalue weighted by atomic mass is 9.52. The lowest BCUT2D eigenvalue weighted by Gasteiger charge is -2.56. The van der Waals surface area contributed by atoms with Crippen molar-refractivity contribution in [3.8, 4) is 11.8 Å². The van der Waals surface area contributed by atoms with Gasteiger partial charge in [-0.15, -0.1) is 0 Å². The van der Waals surface area contributed by atoms with Gasteiger partial charge < -0.3 is 10.2 Å². The third-order valence-corrected chi connectivity index (χ3v) is 7.84. The van der Waals surface area contributed by atoms with Crippen LogP contribution in [0.25, 0.3) is 0 Å². The number of amides is 1. The van der Waals surface area contributed by atoms with E-state index in [4.69, 9.17) is 0 Å². The number of carbonyl (C=O) groups excluding carboxylic acids is 1. The third-order valence-electron chi connectivity index (χ3n) is 7.84. The Morgan fingerprint density at radius 1 is 1.12 bits per heavy atom. The van der Waals surface area contributed by atoms with Gasteiger partial charge in [-0.1, -0.05) is 62.9 Å². The van der Waals surface area contributed by atoms with Gasteiger partial charge >= 0.3 is 5.91 Å². The highest BCUT2D eigenvalue weighted by Crippen LogP contribution is 2.55. The first kappa shape index (κ1) is 21.3. The highest BCUT2D eigenvalue weighted by molar-refractivity contribution is 6.06. The minimum atomic E-state index is -0.0997. The SMILES string of the molecule is CC(C)CN(C(=O)C#Cc1ccccc1)c1cccc2c1C[C@H]1NCC[C@@]23CCCC[C@@H]13. The lowest BCUT2D eigenvalue weighted by molar-refractivity contribution is -0.113. The molecule has 0 spiro atoms. The van der Waals surface area contributed by atoms with Crippen LogP contribution in [-0.4, -0.2) is 25.0 Å². The zero-order valence-electron chi connectivity index (χ0n) is 19.4. The number of piperidine rings is 1. The summed E-state index contributed by atoms with van der Waals surface area (Å²) in [6, 6.07) is 17.0. The molecule has 3 heteroatoms. The molecule has 1 amide bonds. The molecule has 3 nitrogen and oxygen atoms in total. The van der Waals surface area contributed by atoms with E-state index in [1.54, 1.807) is 0 Å². The molecule has 0 radical (unpaired) electrons. The van der Waals surface area contributed by atoms with Gasteiger partial charge in [-0.3, -0.25) is 4.79 Å². The summed E-state index contributed by atoms with van der Waals surface area (Å²) < 4.78 is 0. The molecule has 1 aliphatic heterocycles. The molecule has 1 N–H and O–H groups in total. The van der Waals surface area contributed by atoms with Gasteiger partial charge in [-0.2, -0.15) is 0 Å². The monoisotopic (exact) mass is 426 g/mol. The zero-order chi connectivity index (χ0) is 22.1. The number of fused-ring (bicyclic) bond motifs is 1. The molecular formula is C29H34N2O. The van der Waals surface area contributed by atoms with Gasteiger partial charge in [0.2, 0.25) is 0 Å². The second-order valence-electron chi connectivity index (χ2n) is 10.3. The van der Waals surface area contributed by atoms with Crippen molar-refractivity contribution in [2.45, 2.75) is 63.8 Å². The van der Waals surface area contributed by atoms with Crippen LogP contribution < -0.4 is 10.2 Å². The standard InChI is InChI=1S/C29H34N2O/c1-21(2)20-31(28(32)15-14-22-9-4-3-5-10-22)27-13-8-12-24-23(27)19-26-25-11-6-7-16-29(24,25)17-18-30-26/h3-5,8-10,12-13,21,25-26,30H,6-7,11,16-20H2,1-2H3/t25-,26+,29-/m0/s1. The maximum absolute atomic E-state index is 13.4. The number of hydrogen-bond donors (Lipinski definition) is 1. The molecule has 166 valence electrons. The molecule has 32 heavy (non-hydrogen) atoms. The molecule has 2 bridgehead atoms. The number of anilines is 1. The van der Waals surface area contributed by atoms with Crippen molar-refractivity contribution >= 4 is 11.6 Å². The van der Waals surface area contributed by atoms with Crippen LogP contribution in [0.3, 0.4) is 0 Å². The van der Waals surface area contributed by atoms with Gasteiger partial charge in [0.15, 0.2) is 0 Å². The Bertz CT molecular complexity index is 1040. The van der Waals surface area contributed by atoms with Crippen LogP contribution >= 0.6 is 0 Å². The predicted molar refractivity (Wildman–Crippen MR) is 131 cm³/mol. The number of nitrogens with zero attached hydrogens (tertiary/aromatic N) is 1. The van der Waals surface area contributed by atoms with Crippen molar-refractivity contribution in [1.29, 1.82) is 0 Å². The van der Waals surface area contributed by atoms with Crippen LogP contribution in [-0.2, 0) is 16.6 Å². The van der Waals surface area contributed by atoms with E-state index in [1.165, 1.54) is 43.2 Å². The first-order valence-corrected chi connectivity index (χ1v) is 12.3. The summed E-state index contributed by atoms with van der Waals surface area (Å²) in [7, 11) is 0. The maximum atomic E-state index is 13.4. The topological polar surface area (TPSA) is 32.3 Å². The third kappa shape index (κ3) is 3.76. The van der Waals surface area contributed by atoms with E-state index in [2.05, 4.69) is 49.2 Å². The molecule has 0 unspecified atom stereocenters. The van der Waals surface area contributed by atoms with Crippen LogP contribution in [0.4, 0.5) is 5.69 Å². The van der Waals surface area contributed by atoms with E-state index < -0.39 is 0 Å². The van der Waals surface area contributed by atoms with E-state index >= 15 is 0 Å². The Morgan fingerprint density at radius 3 is 2.78 bits per heavy atom. The second-order valence-corrected chi connectivity index (χ2v) is 10.3. The Morgan fingerprint density at radius 2 is 1.97 bits per heavy atom. The van der Waals surface area contributed by atoms with Crippen LogP contribution in [0.2, 0.25) is 0 Å². The molecule has 1 saturated heterocycles. The first-order valence-electron chi connectivity index (χ1n) is 12.3. The van der Waals surface area contributed by atoms with E-state index in [0.29, 0.717) is 23.9 Å². The number of hydrogen-bond acceptors (Lipinski definition) is 2. The minimum absolute atomic E-state index is 0.0997. The Kier molecular flexibility index (Phi) is 5.82. The summed E-state index contributed by atoms with van der Waals surface area (Å²) in [5.41, 5.74) is 5.16. The van der Waals surface area contributed by atoms with Crippen LogP contribution in [0, 0.1) is 23.7 Å².